The van der Waals surface area contributed by atoms with E-state index >= 15 is 0 Å². The Labute approximate surface area is 162 Å². The summed E-state index contributed by atoms with van der Waals surface area (Å²) in [6.45, 7) is 2.63. The number of benzene rings is 2. The van der Waals surface area contributed by atoms with Gasteiger partial charge in [0, 0.05) is 18.2 Å². The number of anilines is 1. The summed E-state index contributed by atoms with van der Waals surface area (Å²) in [7, 11) is 0. The lowest BCUT2D eigenvalue weighted by molar-refractivity contribution is -0.385. The Morgan fingerprint density at radius 3 is 2.57 bits per heavy atom. The summed E-state index contributed by atoms with van der Waals surface area (Å²) in [5.74, 6) is 0.165. The molecule has 0 saturated carbocycles. The van der Waals surface area contributed by atoms with Crippen molar-refractivity contribution < 1.29 is 9.72 Å². The number of amides is 1. The van der Waals surface area contributed by atoms with Crippen molar-refractivity contribution in [1.29, 1.82) is 0 Å². The molecule has 0 radical (unpaired) electrons. The molecule has 7 nitrogen and oxygen atoms in total. The molecular weight excluding hydrogens is 356 g/mol. The van der Waals surface area contributed by atoms with E-state index in [4.69, 9.17) is 0 Å². The van der Waals surface area contributed by atoms with Gasteiger partial charge in [-0.2, -0.15) is 5.10 Å². The first kappa shape index (κ1) is 19.0. The average molecular weight is 376 g/mol. The summed E-state index contributed by atoms with van der Waals surface area (Å²) in [5.41, 5.74) is 2.66. The van der Waals surface area contributed by atoms with Gasteiger partial charge in [-0.15, -0.1) is 0 Å². The quantitative estimate of drug-likeness (QED) is 0.383. The molecule has 0 atom stereocenters. The van der Waals surface area contributed by atoms with Crippen molar-refractivity contribution in [3.8, 4) is 0 Å². The molecule has 0 aliphatic rings. The molecule has 0 fully saturated rings. The predicted octanol–water partition coefficient (Wildman–Crippen LogP) is 4.05. The van der Waals surface area contributed by atoms with E-state index in [1.807, 2.05) is 12.1 Å². The number of nitrogens with one attached hydrogen (secondary N) is 1. The van der Waals surface area contributed by atoms with Crippen LogP contribution in [-0.2, 0) is 17.8 Å². The molecule has 0 aliphatic carbocycles. The van der Waals surface area contributed by atoms with E-state index in [1.165, 1.54) is 23.8 Å². The molecule has 1 aromatic heterocycles. The zero-order valence-electron chi connectivity index (χ0n) is 15.4. The van der Waals surface area contributed by atoms with Crippen molar-refractivity contribution in [3.63, 3.8) is 0 Å². The summed E-state index contributed by atoms with van der Waals surface area (Å²) in [4.78, 5) is 22.8. The SMILES string of the molecule is CCc1ccc(Cn2nccc2NC(=O)/C=C/c2ccccc2[N+](=O)[O-])cc1. The third-order valence-electron chi connectivity index (χ3n) is 4.28. The highest BCUT2D eigenvalue weighted by molar-refractivity contribution is 6.01. The molecule has 0 unspecified atom stereocenters. The van der Waals surface area contributed by atoms with Gasteiger partial charge in [0.25, 0.3) is 5.69 Å². The first-order valence-electron chi connectivity index (χ1n) is 8.89. The summed E-state index contributed by atoms with van der Waals surface area (Å²) in [6.07, 6.45) is 5.30. The molecule has 3 aromatic rings. The molecule has 1 heterocycles. The molecular formula is C21H20N4O3. The van der Waals surface area contributed by atoms with E-state index in [1.54, 1.807) is 35.1 Å². The third-order valence-corrected chi connectivity index (χ3v) is 4.28. The van der Waals surface area contributed by atoms with Gasteiger partial charge >= 0.3 is 0 Å². The number of carbonyl (C=O) groups excluding carboxylic acids is 1. The van der Waals surface area contributed by atoms with Gasteiger partial charge in [0.2, 0.25) is 5.91 Å². The van der Waals surface area contributed by atoms with Crippen molar-refractivity contribution in [1.82, 2.24) is 9.78 Å². The lowest BCUT2D eigenvalue weighted by Crippen LogP contribution is -2.13. The van der Waals surface area contributed by atoms with E-state index < -0.39 is 4.92 Å². The summed E-state index contributed by atoms with van der Waals surface area (Å²) < 4.78 is 1.69. The van der Waals surface area contributed by atoms with E-state index in [0.717, 1.165) is 12.0 Å². The van der Waals surface area contributed by atoms with Crippen molar-refractivity contribution in [2.45, 2.75) is 19.9 Å². The number of aryl methyl sites for hydroxylation is 1. The Morgan fingerprint density at radius 1 is 1.14 bits per heavy atom. The van der Waals surface area contributed by atoms with Crippen LogP contribution in [0.3, 0.4) is 0 Å². The number of carbonyl (C=O) groups is 1. The van der Waals surface area contributed by atoms with Crippen molar-refractivity contribution >= 4 is 23.5 Å². The highest BCUT2D eigenvalue weighted by Gasteiger charge is 2.10. The zero-order valence-corrected chi connectivity index (χ0v) is 15.4. The van der Waals surface area contributed by atoms with Crippen LogP contribution in [0.4, 0.5) is 11.5 Å². The van der Waals surface area contributed by atoms with Crippen LogP contribution in [0.15, 0.2) is 66.9 Å². The number of aromatic nitrogens is 2. The highest BCUT2D eigenvalue weighted by atomic mass is 16.6. The van der Waals surface area contributed by atoms with Gasteiger partial charge in [-0.1, -0.05) is 43.3 Å². The highest BCUT2D eigenvalue weighted by Crippen LogP contribution is 2.19. The molecule has 7 heteroatoms. The zero-order chi connectivity index (χ0) is 19.9. The molecule has 0 spiro atoms. The second-order valence-electron chi connectivity index (χ2n) is 6.18. The Hall–Kier alpha value is -3.74. The van der Waals surface area contributed by atoms with E-state index in [0.29, 0.717) is 17.9 Å². The van der Waals surface area contributed by atoms with Crippen LogP contribution in [0.2, 0.25) is 0 Å². The third kappa shape index (κ3) is 4.70. The Morgan fingerprint density at radius 2 is 1.86 bits per heavy atom. The smallest absolute Gasteiger partial charge is 0.276 e. The van der Waals surface area contributed by atoms with Gasteiger partial charge in [-0.05, 0) is 29.7 Å². The fourth-order valence-corrected chi connectivity index (χ4v) is 2.75. The summed E-state index contributed by atoms with van der Waals surface area (Å²) in [6, 6.07) is 16.2. The molecule has 28 heavy (non-hydrogen) atoms. The summed E-state index contributed by atoms with van der Waals surface area (Å²) >= 11 is 0. The van der Waals surface area contributed by atoms with Crippen LogP contribution in [0.1, 0.15) is 23.6 Å². The van der Waals surface area contributed by atoms with Crippen LogP contribution in [0.25, 0.3) is 6.08 Å². The molecule has 2 aromatic carbocycles. The Bertz CT molecular complexity index is 1010. The lowest BCUT2D eigenvalue weighted by atomic mass is 10.1. The van der Waals surface area contributed by atoms with Crippen LogP contribution < -0.4 is 5.32 Å². The number of para-hydroxylation sites is 1. The van der Waals surface area contributed by atoms with Crippen molar-refractivity contribution in [3.05, 3.63) is 93.7 Å². The molecule has 142 valence electrons. The van der Waals surface area contributed by atoms with Gasteiger partial charge in [-0.25, -0.2) is 4.68 Å². The molecule has 0 saturated heterocycles. The van der Waals surface area contributed by atoms with E-state index in [-0.39, 0.29) is 11.6 Å². The van der Waals surface area contributed by atoms with Gasteiger partial charge in [-0.3, -0.25) is 14.9 Å². The minimum Gasteiger partial charge on any atom is -0.307 e. The number of nitro benzene ring substituents is 1. The van der Waals surface area contributed by atoms with E-state index in [2.05, 4.69) is 29.5 Å². The number of rotatable bonds is 7. The topological polar surface area (TPSA) is 90.1 Å². The van der Waals surface area contributed by atoms with Crippen molar-refractivity contribution in [2.75, 3.05) is 5.32 Å². The monoisotopic (exact) mass is 376 g/mol. The minimum absolute atomic E-state index is 0.0490. The maximum absolute atomic E-state index is 12.2. The summed E-state index contributed by atoms with van der Waals surface area (Å²) in [5, 5.41) is 18.0. The average Bonchev–Trinajstić information content (AvgIpc) is 3.13. The standard InChI is InChI=1S/C21H20N4O3/c1-2-16-7-9-17(10-8-16)15-24-20(13-14-22-24)23-21(26)12-11-18-5-3-4-6-19(18)25(27)28/h3-14H,2,15H2,1H3,(H,23,26)/b12-11+. The lowest BCUT2D eigenvalue weighted by Gasteiger charge is -2.08. The van der Waals surface area contributed by atoms with Gasteiger partial charge in [0.1, 0.15) is 5.82 Å². The molecule has 1 amide bonds. The normalized spacial score (nSPS) is 10.9. The van der Waals surface area contributed by atoms with Crippen molar-refractivity contribution in [2.24, 2.45) is 0 Å². The predicted molar refractivity (Wildman–Crippen MR) is 108 cm³/mol. The van der Waals surface area contributed by atoms with Crippen LogP contribution in [0, 0.1) is 10.1 Å². The second kappa shape index (κ2) is 8.77. The first-order chi connectivity index (χ1) is 13.6. The molecule has 0 aliphatic heterocycles. The second-order valence-corrected chi connectivity index (χ2v) is 6.18. The van der Waals surface area contributed by atoms with E-state index in [9.17, 15) is 14.9 Å². The number of nitrogens with zero attached hydrogens (tertiary/aromatic N) is 3. The van der Waals surface area contributed by atoms with Crippen LogP contribution in [-0.4, -0.2) is 20.6 Å². The Balaban J connectivity index is 1.68. The molecule has 0 bridgehead atoms. The number of hydrogen-bond donors (Lipinski definition) is 1. The Kier molecular flexibility index (Phi) is 5.96. The molecule has 3 rings (SSSR count). The minimum atomic E-state index is -0.476. The van der Waals surface area contributed by atoms with Crippen LogP contribution in [0.5, 0.6) is 0 Å². The fraction of sp³-hybridized carbons (Fsp3) is 0.143. The maximum atomic E-state index is 12.2. The largest absolute Gasteiger partial charge is 0.307 e. The van der Waals surface area contributed by atoms with Gasteiger partial charge in [0.15, 0.2) is 0 Å². The first-order valence-corrected chi connectivity index (χ1v) is 8.89. The fourth-order valence-electron chi connectivity index (χ4n) is 2.75. The molecule has 1 N–H and O–H groups in total. The van der Waals surface area contributed by atoms with Gasteiger partial charge < -0.3 is 5.32 Å². The van der Waals surface area contributed by atoms with Crippen LogP contribution >= 0.6 is 0 Å². The maximum Gasteiger partial charge on any atom is 0.276 e. The van der Waals surface area contributed by atoms with Gasteiger partial charge in [0.05, 0.1) is 23.2 Å². The number of hydrogen-bond acceptors (Lipinski definition) is 4. The number of nitro groups is 1.